The third-order valence-electron chi connectivity index (χ3n) is 3.32. The molecule has 1 aliphatic heterocycles. The minimum Gasteiger partial charge on any atom is -0.325 e. The highest BCUT2D eigenvalue weighted by atomic mass is 127. The lowest BCUT2D eigenvalue weighted by Crippen LogP contribution is -2.46. The average Bonchev–Trinajstić information content (AvgIpc) is 2.33. The number of piperidine rings is 1. The Morgan fingerprint density at radius 1 is 1.56 bits per heavy atom. The lowest BCUT2D eigenvalue weighted by molar-refractivity contribution is -0.125. The van der Waals surface area contributed by atoms with Crippen LogP contribution in [-0.2, 0) is 4.79 Å². The van der Waals surface area contributed by atoms with Gasteiger partial charge in [-0.05, 0) is 67.1 Å². The summed E-state index contributed by atoms with van der Waals surface area (Å²) in [6.07, 6.45) is 1.88. The maximum atomic E-state index is 13.0. The van der Waals surface area contributed by atoms with Crippen molar-refractivity contribution in [3.8, 4) is 0 Å². The molecule has 1 saturated heterocycles. The van der Waals surface area contributed by atoms with Gasteiger partial charge in [-0.3, -0.25) is 4.79 Å². The zero-order valence-electron chi connectivity index (χ0n) is 10.2. The third kappa shape index (κ3) is 3.00. The van der Waals surface area contributed by atoms with E-state index in [0.717, 1.165) is 19.4 Å². The van der Waals surface area contributed by atoms with E-state index in [9.17, 15) is 9.18 Å². The molecule has 1 aliphatic rings. The Morgan fingerprint density at radius 3 is 2.94 bits per heavy atom. The second-order valence-electron chi connectivity index (χ2n) is 4.92. The summed E-state index contributed by atoms with van der Waals surface area (Å²) < 4.78 is 13.7. The number of halogens is 2. The fourth-order valence-corrected chi connectivity index (χ4v) is 2.73. The van der Waals surface area contributed by atoms with Crippen LogP contribution in [0.5, 0.6) is 0 Å². The molecule has 0 spiro atoms. The van der Waals surface area contributed by atoms with E-state index in [-0.39, 0.29) is 17.1 Å². The Balaban J connectivity index is 2.11. The first-order chi connectivity index (χ1) is 8.51. The van der Waals surface area contributed by atoms with Gasteiger partial charge in [0, 0.05) is 10.1 Å². The topological polar surface area (TPSA) is 41.1 Å². The Bertz CT molecular complexity index is 458. The summed E-state index contributed by atoms with van der Waals surface area (Å²) in [6.45, 7) is 3.62. The molecule has 1 amide bonds. The molecule has 1 unspecified atom stereocenters. The Hall–Kier alpha value is -0.690. The van der Waals surface area contributed by atoms with E-state index in [2.05, 4.69) is 10.6 Å². The highest BCUT2D eigenvalue weighted by Crippen LogP contribution is 2.28. The number of benzene rings is 1. The van der Waals surface area contributed by atoms with Gasteiger partial charge in [-0.15, -0.1) is 0 Å². The summed E-state index contributed by atoms with van der Waals surface area (Å²) in [5.74, 6) is -0.290. The minimum absolute atomic E-state index is 0.000718. The van der Waals surface area contributed by atoms with Gasteiger partial charge < -0.3 is 10.6 Å². The number of hydrogen-bond acceptors (Lipinski definition) is 2. The Morgan fingerprint density at radius 2 is 2.33 bits per heavy atom. The SMILES string of the molecule is CC1(C(=O)Nc2ccc(F)cc2I)CCCNC1. The zero-order valence-corrected chi connectivity index (χ0v) is 12.4. The first-order valence-electron chi connectivity index (χ1n) is 5.98. The second kappa shape index (κ2) is 5.52. The first kappa shape index (κ1) is 13.7. The number of rotatable bonds is 2. The largest absolute Gasteiger partial charge is 0.325 e. The van der Waals surface area contributed by atoms with Gasteiger partial charge in [0.1, 0.15) is 5.82 Å². The van der Waals surface area contributed by atoms with E-state index in [4.69, 9.17) is 0 Å². The highest BCUT2D eigenvalue weighted by molar-refractivity contribution is 14.1. The van der Waals surface area contributed by atoms with Crippen molar-refractivity contribution in [2.45, 2.75) is 19.8 Å². The molecular weight excluding hydrogens is 346 g/mol. The lowest BCUT2D eigenvalue weighted by Gasteiger charge is -2.32. The second-order valence-corrected chi connectivity index (χ2v) is 6.08. The van der Waals surface area contributed by atoms with Gasteiger partial charge in [0.05, 0.1) is 11.1 Å². The molecule has 0 radical (unpaired) electrons. The van der Waals surface area contributed by atoms with Crippen molar-refractivity contribution < 1.29 is 9.18 Å². The van der Waals surface area contributed by atoms with E-state index in [0.29, 0.717) is 15.8 Å². The maximum Gasteiger partial charge on any atom is 0.231 e. The molecule has 18 heavy (non-hydrogen) atoms. The van der Waals surface area contributed by atoms with Crippen LogP contribution in [0.25, 0.3) is 0 Å². The lowest BCUT2D eigenvalue weighted by atomic mass is 9.82. The van der Waals surface area contributed by atoms with Crippen LogP contribution in [0.2, 0.25) is 0 Å². The number of hydrogen-bond donors (Lipinski definition) is 2. The molecule has 1 aromatic carbocycles. The van der Waals surface area contributed by atoms with E-state index in [1.165, 1.54) is 12.1 Å². The fraction of sp³-hybridized carbons (Fsp3) is 0.462. The average molecular weight is 362 g/mol. The van der Waals surface area contributed by atoms with Crippen molar-refractivity contribution >= 4 is 34.2 Å². The van der Waals surface area contributed by atoms with Gasteiger partial charge in [-0.25, -0.2) is 4.39 Å². The fourth-order valence-electron chi connectivity index (χ4n) is 2.11. The maximum absolute atomic E-state index is 13.0. The van der Waals surface area contributed by atoms with Crippen molar-refractivity contribution in [2.24, 2.45) is 5.41 Å². The molecular formula is C13H16FIN2O. The molecule has 0 aliphatic carbocycles. The van der Waals surface area contributed by atoms with Gasteiger partial charge in [0.2, 0.25) is 5.91 Å². The van der Waals surface area contributed by atoms with E-state index < -0.39 is 0 Å². The van der Waals surface area contributed by atoms with Crippen LogP contribution in [0.1, 0.15) is 19.8 Å². The van der Waals surface area contributed by atoms with Crippen LogP contribution < -0.4 is 10.6 Å². The van der Waals surface area contributed by atoms with E-state index in [1.54, 1.807) is 6.07 Å². The molecule has 0 aromatic heterocycles. The van der Waals surface area contributed by atoms with Crippen LogP contribution >= 0.6 is 22.6 Å². The molecule has 0 bridgehead atoms. The normalized spacial score (nSPS) is 23.7. The van der Waals surface area contributed by atoms with Crippen molar-refractivity contribution in [1.29, 1.82) is 0 Å². The molecule has 1 aromatic rings. The molecule has 2 N–H and O–H groups in total. The molecule has 1 heterocycles. The molecule has 2 rings (SSSR count). The number of amides is 1. The van der Waals surface area contributed by atoms with Crippen molar-refractivity contribution in [3.05, 3.63) is 27.6 Å². The highest BCUT2D eigenvalue weighted by Gasteiger charge is 2.34. The molecule has 5 heteroatoms. The summed E-state index contributed by atoms with van der Waals surface area (Å²) >= 11 is 2.02. The molecule has 0 saturated carbocycles. The number of nitrogens with one attached hydrogen (secondary N) is 2. The molecule has 1 atom stereocenters. The van der Waals surface area contributed by atoms with Gasteiger partial charge in [-0.2, -0.15) is 0 Å². The molecule has 98 valence electrons. The van der Waals surface area contributed by atoms with Crippen LogP contribution in [-0.4, -0.2) is 19.0 Å². The number of anilines is 1. The van der Waals surface area contributed by atoms with E-state index in [1.807, 2.05) is 29.5 Å². The Labute approximate surface area is 120 Å². The van der Waals surface area contributed by atoms with Crippen molar-refractivity contribution in [3.63, 3.8) is 0 Å². The summed E-state index contributed by atoms with van der Waals surface area (Å²) in [4.78, 5) is 12.3. The summed E-state index contributed by atoms with van der Waals surface area (Å²) in [5.41, 5.74) is 0.296. The quantitative estimate of drug-likeness (QED) is 0.795. The van der Waals surface area contributed by atoms with Gasteiger partial charge >= 0.3 is 0 Å². The predicted molar refractivity (Wildman–Crippen MR) is 78.0 cm³/mol. The standard InChI is InChI=1S/C13H16FIN2O/c1-13(5-2-6-16-8-13)12(18)17-11-4-3-9(14)7-10(11)15/h3-4,7,16H,2,5-6,8H2,1H3,(H,17,18). The van der Waals surface area contributed by atoms with Crippen LogP contribution in [0.15, 0.2) is 18.2 Å². The van der Waals surface area contributed by atoms with Gasteiger partial charge in [-0.1, -0.05) is 0 Å². The summed E-state index contributed by atoms with van der Waals surface area (Å²) in [5, 5.41) is 6.14. The van der Waals surface area contributed by atoms with Crippen LogP contribution in [0, 0.1) is 14.8 Å². The molecule has 1 fully saturated rings. The third-order valence-corrected chi connectivity index (χ3v) is 4.22. The zero-order chi connectivity index (χ0) is 13.2. The van der Waals surface area contributed by atoms with E-state index >= 15 is 0 Å². The van der Waals surface area contributed by atoms with Crippen molar-refractivity contribution in [1.82, 2.24) is 5.32 Å². The van der Waals surface area contributed by atoms with Gasteiger partial charge in [0.15, 0.2) is 0 Å². The van der Waals surface area contributed by atoms with Gasteiger partial charge in [0.25, 0.3) is 0 Å². The summed E-state index contributed by atoms with van der Waals surface area (Å²) in [7, 11) is 0. The number of carbonyl (C=O) groups is 1. The minimum atomic E-state index is -0.379. The predicted octanol–water partition coefficient (Wildman–Crippen LogP) is 2.76. The monoisotopic (exact) mass is 362 g/mol. The van der Waals surface area contributed by atoms with Crippen LogP contribution in [0.3, 0.4) is 0 Å². The summed E-state index contributed by atoms with van der Waals surface area (Å²) in [6, 6.07) is 4.38. The number of carbonyl (C=O) groups excluding carboxylic acids is 1. The smallest absolute Gasteiger partial charge is 0.231 e. The van der Waals surface area contributed by atoms with Crippen LogP contribution in [0.4, 0.5) is 10.1 Å². The Kier molecular flexibility index (Phi) is 4.21. The molecule has 3 nitrogen and oxygen atoms in total. The first-order valence-corrected chi connectivity index (χ1v) is 7.06. The van der Waals surface area contributed by atoms with Crippen molar-refractivity contribution in [2.75, 3.05) is 18.4 Å².